The molecule has 28 heavy (non-hydrogen) atoms. The lowest BCUT2D eigenvalue weighted by atomic mass is 9.97. The standard InChI is InChI=1S/C23H31ClN2O2/c1-25(17-20-14-21(24)7-10-23(20)27)15-19-4-3-12-26(16-19)13-11-18-5-8-22(28-2)9-6-18/h5-10,14,19,27H,3-4,11-13,15-17H2,1-2H3/t19-/m0/s1. The fraction of sp³-hybridized carbons (Fsp3) is 0.478. The van der Waals surface area contributed by atoms with Crippen molar-refractivity contribution in [2.24, 2.45) is 5.92 Å². The van der Waals surface area contributed by atoms with E-state index in [4.69, 9.17) is 16.3 Å². The molecule has 0 aliphatic carbocycles. The summed E-state index contributed by atoms with van der Waals surface area (Å²) < 4.78 is 5.23. The van der Waals surface area contributed by atoms with Gasteiger partial charge in [0.15, 0.2) is 0 Å². The molecule has 1 atom stereocenters. The van der Waals surface area contributed by atoms with Gasteiger partial charge in [0.2, 0.25) is 0 Å². The third kappa shape index (κ3) is 6.13. The van der Waals surface area contributed by atoms with Crippen molar-refractivity contribution in [1.82, 2.24) is 9.80 Å². The average molecular weight is 403 g/mol. The second kappa shape index (κ2) is 10.1. The Balaban J connectivity index is 1.46. The highest BCUT2D eigenvalue weighted by Crippen LogP contribution is 2.24. The Bertz CT molecular complexity index is 751. The molecule has 3 rings (SSSR count). The lowest BCUT2D eigenvalue weighted by molar-refractivity contribution is 0.142. The minimum atomic E-state index is 0.320. The van der Waals surface area contributed by atoms with Crippen LogP contribution in [0.25, 0.3) is 0 Å². The maximum Gasteiger partial charge on any atom is 0.120 e. The van der Waals surface area contributed by atoms with E-state index in [0.29, 0.717) is 16.7 Å². The van der Waals surface area contributed by atoms with E-state index in [2.05, 4.69) is 29.0 Å². The molecule has 0 amide bonds. The van der Waals surface area contributed by atoms with Crippen molar-refractivity contribution >= 4 is 11.6 Å². The van der Waals surface area contributed by atoms with E-state index in [9.17, 15) is 5.11 Å². The molecule has 152 valence electrons. The molecule has 1 saturated heterocycles. The zero-order valence-corrected chi connectivity index (χ0v) is 17.7. The Morgan fingerprint density at radius 3 is 2.75 bits per heavy atom. The van der Waals surface area contributed by atoms with Gasteiger partial charge >= 0.3 is 0 Å². The van der Waals surface area contributed by atoms with Crippen LogP contribution in [0, 0.1) is 5.92 Å². The summed E-state index contributed by atoms with van der Waals surface area (Å²) in [6, 6.07) is 13.6. The number of piperidine rings is 1. The quantitative estimate of drug-likeness (QED) is 0.708. The molecule has 2 aromatic carbocycles. The van der Waals surface area contributed by atoms with Gasteiger partial charge in [0.05, 0.1) is 7.11 Å². The van der Waals surface area contributed by atoms with Crippen LogP contribution in [0.3, 0.4) is 0 Å². The predicted octanol–water partition coefficient (Wildman–Crippen LogP) is 4.44. The number of ether oxygens (including phenoxy) is 1. The highest BCUT2D eigenvalue weighted by atomic mass is 35.5. The van der Waals surface area contributed by atoms with Crippen molar-refractivity contribution in [2.45, 2.75) is 25.8 Å². The van der Waals surface area contributed by atoms with E-state index in [1.807, 2.05) is 18.2 Å². The van der Waals surface area contributed by atoms with Crippen molar-refractivity contribution in [3.63, 3.8) is 0 Å². The second-order valence-electron chi connectivity index (χ2n) is 7.88. The molecule has 0 bridgehead atoms. The van der Waals surface area contributed by atoms with Gasteiger partial charge in [-0.05, 0) is 74.7 Å². The molecule has 1 aliphatic rings. The summed E-state index contributed by atoms with van der Waals surface area (Å²) >= 11 is 6.07. The summed E-state index contributed by atoms with van der Waals surface area (Å²) in [5.74, 6) is 1.90. The van der Waals surface area contributed by atoms with E-state index >= 15 is 0 Å². The Morgan fingerprint density at radius 1 is 1.21 bits per heavy atom. The van der Waals surface area contributed by atoms with Gasteiger partial charge in [0.25, 0.3) is 0 Å². The first-order valence-electron chi connectivity index (χ1n) is 10.0. The molecule has 0 saturated carbocycles. The van der Waals surface area contributed by atoms with Crippen LogP contribution in [0.15, 0.2) is 42.5 Å². The molecule has 1 N–H and O–H groups in total. The normalized spacial score (nSPS) is 17.8. The number of hydrogen-bond donors (Lipinski definition) is 1. The first kappa shape index (κ1) is 21.0. The van der Waals surface area contributed by atoms with Gasteiger partial charge in [-0.15, -0.1) is 0 Å². The number of rotatable bonds is 8. The minimum absolute atomic E-state index is 0.320. The Labute approximate surface area is 173 Å². The topological polar surface area (TPSA) is 35.9 Å². The monoisotopic (exact) mass is 402 g/mol. The van der Waals surface area contributed by atoms with Crippen LogP contribution >= 0.6 is 11.6 Å². The van der Waals surface area contributed by atoms with Gasteiger partial charge in [-0.3, -0.25) is 0 Å². The molecule has 2 aromatic rings. The van der Waals surface area contributed by atoms with Crippen molar-refractivity contribution in [3.05, 3.63) is 58.6 Å². The zero-order valence-electron chi connectivity index (χ0n) is 16.9. The van der Waals surface area contributed by atoms with Crippen molar-refractivity contribution < 1.29 is 9.84 Å². The Kier molecular flexibility index (Phi) is 7.60. The highest BCUT2D eigenvalue weighted by molar-refractivity contribution is 6.30. The minimum Gasteiger partial charge on any atom is -0.508 e. The summed E-state index contributed by atoms with van der Waals surface area (Å²) in [6.07, 6.45) is 3.59. The number of phenolic OH excluding ortho intramolecular Hbond substituents is 1. The van der Waals surface area contributed by atoms with Crippen molar-refractivity contribution in [2.75, 3.05) is 40.3 Å². The van der Waals surface area contributed by atoms with Crippen molar-refractivity contribution in [3.8, 4) is 11.5 Å². The molecule has 0 aromatic heterocycles. The SMILES string of the molecule is COc1ccc(CCN2CCC[C@@H](CN(C)Cc3cc(Cl)ccc3O)C2)cc1. The average Bonchev–Trinajstić information content (AvgIpc) is 2.70. The number of phenols is 1. The third-order valence-corrected chi connectivity index (χ3v) is 5.77. The number of halogens is 1. The highest BCUT2D eigenvalue weighted by Gasteiger charge is 2.21. The van der Waals surface area contributed by atoms with Crippen LogP contribution in [-0.4, -0.2) is 55.2 Å². The third-order valence-electron chi connectivity index (χ3n) is 5.53. The van der Waals surface area contributed by atoms with E-state index in [1.54, 1.807) is 19.2 Å². The van der Waals surface area contributed by atoms with Gasteiger partial charge in [0, 0.05) is 36.8 Å². The lowest BCUT2D eigenvalue weighted by Crippen LogP contribution is -2.40. The molecule has 5 heteroatoms. The van der Waals surface area contributed by atoms with Gasteiger partial charge in [0.1, 0.15) is 11.5 Å². The second-order valence-corrected chi connectivity index (χ2v) is 8.31. The number of hydrogen-bond acceptors (Lipinski definition) is 4. The largest absolute Gasteiger partial charge is 0.508 e. The Hall–Kier alpha value is -1.75. The van der Waals surface area contributed by atoms with Crippen LogP contribution in [0.4, 0.5) is 0 Å². The van der Waals surface area contributed by atoms with Crippen LogP contribution < -0.4 is 4.74 Å². The smallest absolute Gasteiger partial charge is 0.120 e. The number of nitrogens with zero attached hydrogens (tertiary/aromatic N) is 2. The van der Waals surface area contributed by atoms with Crippen LogP contribution in [0.1, 0.15) is 24.0 Å². The molecular weight excluding hydrogens is 372 g/mol. The van der Waals surface area contributed by atoms with Gasteiger partial charge in [-0.2, -0.15) is 0 Å². The maximum atomic E-state index is 10.0. The summed E-state index contributed by atoms with van der Waals surface area (Å²) in [7, 11) is 3.82. The number of methoxy groups -OCH3 is 1. The van der Waals surface area contributed by atoms with Gasteiger partial charge < -0.3 is 19.6 Å². The Morgan fingerprint density at radius 2 is 2.00 bits per heavy atom. The summed E-state index contributed by atoms with van der Waals surface area (Å²) in [6.45, 7) is 5.18. The first-order chi connectivity index (χ1) is 13.5. The molecule has 4 nitrogen and oxygen atoms in total. The molecule has 0 radical (unpaired) electrons. The number of aromatic hydroxyl groups is 1. The maximum absolute atomic E-state index is 10.0. The fourth-order valence-electron chi connectivity index (χ4n) is 4.06. The summed E-state index contributed by atoms with van der Waals surface area (Å²) in [5.41, 5.74) is 2.25. The summed E-state index contributed by atoms with van der Waals surface area (Å²) in [4.78, 5) is 4.88. The predicted molar refractivity (Wildman–Crippen MR) is 115 cm³/mol. The first-order valence-corrected chi connectivity index (χ1v) is 10.4. The van der Waals surface area contributed by atoms with Crippen LogP contribution in [0.2, 0.25) is 5.02 Å². The van der Waals surface area contributed by atoms with E-state index in [-0.39, 0.29) is 0 Å². The van der Waals surface area contributed by atoms with Crippen molar-refractivity contribution in [1.29, 1.82) is 0 Å². The van der Waals surface area contributed by atoms with Crippen LogP contribution in [0.5, 0.6) is 11.5 Å². The van der Waals surface area contributed by atoms with E-state index in [0.717, 1.165) is 43.9 Å². The molecule has 1 aliphatic heterocycles. The van der Waals surface area contributed by atoms with Gasteiger partial charge in [-0.1, -0.05) is 23.7 Å². The lowest BCUT2D eigenvalue weighted by Gasteiger charge is -2.35. The van der Waals surface area contributed by atoms with Gasteiger partial charge in [-0.25, -0.2) is 0 Å². The molecular formula is C23H31ClN2O2. The molecule has 1 fully saturated rings. The molecule has 0 unspecified atom stereocenters. The van der Waals surface area contributed by atoms with Crippen LogP contribution in [-0.2, 0) is 13.0 Å². The fourth-order valence-corrected chi connectivity index (χ4v) is 4.25. The zero-order chi connectivity index (χ0) is 19.9. The van der Waals surface area contributed by atoms with E-state index < -0.39 is 0 Å². The number of benzene rings is 2. The molecule has 0 spiro atoms. The van der Waals surface area contributed by atoms with E-state index in [1.165, 1.54) is 24.9 Å². The number of likely N-dealkylation sites (tertiary alicyclic amines) is 1. The summed E-state index contributed by atoms with van der Waals surface area (Å²) in [5, 5.41) is 10.7. The molecule has 1 heterocycles.